The normalized spacial score (nSPS) is 15.4. The second-order valence-corrected chi connectivity index (χ2v) is 4.19. The summed E-state index contributed by atoms with van der Waals surface area (Å²) in [4.78, 5) is 0. The molecule has 0 aliphatic heterocycles. The van der Waals surface area contributed by atoms with Crippen LogP contribution in [0.25, 0.3) is 0 Å². The van der Waals surface area contributed by atoms with E-state index in [2.05, 4.69) is 0 Å². The van der Waals surface area contributed by atoms with E-state index in [-0.39, 0.29) is 11.5 Å². The molecular formula is C12H16F2O. The van der Waals surface area contributed by atoms with Gasteiger partial charge in [0.1, 0.15) is 11.6 Å². The average molecular weight is 214 g/mol. The Balaban J connectivity index is 2.99. The Morgan fingerprint density at radius 1 is 1.13 bits per heavy atom. The first-order valence-electron chi connectivity index (χ1n) is 5.06. The van der Waals surface area contributed by atoms with Gasteiger partial charge in [-0.25, -0.2) is 8.78 Å². The molecule has 1 N–H and O–H groups in total. The van der Waals surface area contributed by atoms with Crippen molar-refractivity contribution in [3.63, 3.8) is 0 Å². The lowest BCUT2D eigenvalue weighted by Crippen LogP contribution is -2.22. The van der Waals surface area contributed by atoms with Crippen LogP contribution in [0, 0.1) is 17.6 Å². The molecule has 84 valence electrons. The van der Waals surface area contributed by atoms with E-state index < -0.39 is 23.7 Å². The molecule has 0 aliphatic rings. The highest BCUT2D eigenvalue weighted by Crippen LogP contribution is 2.26. The molecule has 0 saturated carbocycles. The summed E-state index contributed by atoms with van der Waals surface area (Å²) in [6, 6.07) is 3.31. The molecule has 0 fully saturated rings. The fourth-order valence-corrected chi connectivity index (χ4v) is 1.62. The van der Waals surface area contributed by atoms with Crippen molar-refractivity contribution in [2.75, 3.05) is 0 Å². The smallest absolute Gasteiger partial charge is 0.126 e. The van der Waals surface area contributed by atoms with Crippen LogP contribution in [0.4, 0.5) is 8.78 Å². The number of hydrogen-bond donors (Lipinski definition) is 1. The molecule has 0 aliphatic carbocycles. The van der Waals surface area contributed by atoms with Crippen LogP contribution in [0.3, 0.4) is 0 Å². The molecule has 1 aromatic carbocycles. The average Bonchev–Trinajstić information content (AvgIpc) is 2.19. The fourth-order valence-electron chi connectivity index (χ4n) is 1.62. The lowest BCUT2D eigenvalue weighted by molar-refractivity contribution is 0.101. The van der Waals surface area contributed by atoms with Crippen LogP contribution >= 0.6 is 0 Å². The molecule has 15 heavy (non-hydrogen) atoms. The summed E-state index contributed by atoms with van der Waals surface area (Å²) >= 11 is 0. The summed E-state index contributed by atoms with van der Waals surface area (Å²) in [5.41, 5.74) is 0.233. The van der Waals surface area contributed by atoms with Gasteiger partial charge in [-0.15, -0.1) is 0 Å². The highest BCUT2D eigenvalue weighted by Gasteiger charge is 2.22. The molecule has 0 saturated heterocycles. The van der Waals surface area contributed by atoms with E-state index in [1.807, 2.05) is 13.8 Å². The second-order valence-electron chi connectivity index (χ2n) is 4.19. The van der Waals surface area contributed by atoms with Crippen LogP contribution < -0.4 is 0 Å². The van der Waals surface area contributed by atoms with Crippen molar-refractivity contribution in [1.82, 2.24) is 0 Å². The molecule has 0 aromatic heterocycles. The maximum atomic E-state index is 13.4. The molecule has 0 bridgehead atoms. The van der Waals surface area contributed by atoms with Crippen molar-refractivity contribution >= 4 is 0 Å². The van der Waals surface area contributed by atoms with E-state index in [9.17, 15) is 13.9 Å². The van der Waals surface area contributed by atoms with E-state index in [1.165, 1.54) is 0 Å². The van der Waals surface area contributed by atoms with Crippen LogP contribution in [0.2, 0.25) is 0 Å². The highest BCUT2D eigenvalue weighted by molar-refractivity contribution is 5.23. The zero-order valence-electron chi connectivity index (χ0n) is 9.17. The van der Waals surface area contributed by atoms with Crippen molar-refractivity contribution in [2.24, 2.45) is 5.92 Å². The second kappa shape index (κ2) is 4.71. The number of rotatable bonds is 3. The zero-order valence-corrected chi connectivity index (χ0v) is 9.17. The first kappa shape index (κ1) is 12.1. The SMILES string of the molecule is CC(C)C(O)C(C)c1cc(F)ccc1F. The van der Waals surface area contributed by atoms with Crippen LogP contribution in [0.5, 0.6) is 0 Å². The van der Waals surface area contributed by atoms with Gasteiger partial charge in [0.2, 0.25) is 0 Å². The Morgan fingerprint density at radius 2 is 1.73 bits per heavy atom. The van der Waals surface area contributed by atoms with E-state index in [0.717, 1.165) is 18.2 Å². The van der Waals surface area contributed by atoms with Crippen LogP contribution in [0.1, 0.15) is 32.3 Å². The van der Waals surface area contributed by atoms with Crippen molar-refractivity contribution in [1.29, 1.82) is 0 Å². The van der Waals surface area contributed by atoms with Gasteiger partial charge in [0.15, 0.2) is 0 Å². The first-order chi connectivity index (χ1) is 6.93. The van der Waals surface area contributed by atoms with Crippen molar-refractivity contribution in [3.05, 3.63) is 35.4 Å². The van der Waals surface area contributed by atoms with Crippen LogP contribution in [-0.4, -0.2) is 11.2 Å². The fraction of sp³-hybridized carbons (Fsp3) is 0.500. The summed E-state index contributed by atoms with van der Waals surface area (Å²) in [5, 5.41) is 9.77. The largest absolute Gasteiger partial charge is 0.392 e. The topological polar surface area (TPSA) is 20.2 Å². The third-order valence-electron chi connectivity index (χ3n) is 2.64. The summed E-state index contributed by atoms with van der Waals surface area (Å²) in [6.07, 6.45) is -0.665. The van der Waals surface area contributed by atoms with Crippen molar-refractivity contribution in [2.45, 2.75) is 32.8 Å². The Bertz CT molecular complexity index is 336. The van der Waals surface area contributed by atoms with Gasteiger partial charge in [-0.05, 0) is 29.7 Å². The van der Waals surface area contributed by atoms with Crippen LogP contribution in [0.15, 0.2) is 18.2 Å². The Labute approximate surface area is 88.7 Å². The minimum Gasteiger partial charge on any atom is -0.392 e. The summed E-state index contributed by atoms with van der Waals surface area (Å²) < 4.78 is 26.3. The Kier molecular flexibility index (Phi) is 3.80. The molecular weight excluding hydrogens is 198 g/mol. The molecule has 1 nitrogen and oxygen atoms in total. The van der Waals surface area contributed by atoms with Crippen molar-refractivity contribution < 1.29 is 13.9 Å². The maximum absolute atomic E-state index is 13.4. The molecule has 3 heteroatoms. The zero-order chi connectivity index (χ0) is 11.6. The van der Waals surface area contributed by atoms with E-state index in [4.69, 9.17) is 0 Å². The Morgan fingerprint density at radius 3 is 2.27 bits per heavy atom. The Hall–Kier alpha value is -0.960. The standard InChI is InChI=1S/C12H16F2O/c1-7(2)12(15)8(3)10-6-9(13)4-5-11(10)14/h4-8,12,15H,1-3H3. The number of hydrogen-bond acceptors (Lipinski definition) is 1. The highest BCUT2D eigenvalue weighted by atomic mass is 19.1. The van der Waals surface area contributed by atoms with Crippen molar-refractivity contribution in [3.8, 4) is 0 Å². The van der Waals surface area contributed by atoms with Gasteiger partial charge in [0, 0.05) is 5.92 Å². The first-order valence-corrected chi connectivity index (χ1v) is 5.06. The van der Waals surface area contributed by atoms with E-state index in [1.54, 1.807) is 6.92 Å². The summed E-state index contributed by atoms with van der Waals surface area (Å²) in [5.74, 6) is -1.33. The van der Waals surface area contributed by atoms with Gasteiger partial charge in [-0.3, -0.25) is 0 Å². The summed E-state index contributed by atoms with van der Waals surface area (Å²) in [7, 11) is 0. The van der Waals surface area contributed by atoms with Gasteiger partial charge in [0.25, 0.3) is 0 Å². The minimum absolute atomic E-state index is 0.0164. The molecule has 2 unspecified atom stereocenters. The van der Waals surface area contributed by atoms with Gasteiger partial charge in [-0.1, -0.05) is 20.8 Å². The van der Waals surface area contributed by atoms with Crippen LogP contribution in [-0.2, 0) is 0 Å². The number of aliphatic hydroxyl groups is 1. The van der Waals surface area contributed by atoms with Gasteiger partial charge in [-0.2, -0.15) is 0 Å². The maximum Gasteiger partial charge on any atom is 0.126 e. The van der Waals surface area contributed by atoms with E-state index in [0.29, 0.717) is 0 Å². The van der Waals surface area contributed by atoms with Gasteiger partial charge >= 0.3 is 0 Å². The number of aliphatic hydroxyl groups excluding tert-OH is 1. The molecule has 2 atom stereocenters. The third-order valence-corrected chi connectivity index (χ3v) is 2.64. The molecule has 0 spiro atoms. The molecule has 0 heterocycles. The third kappa shape index (κ3) is 2.75. The number of benzene rings is 1. The predicted molar refractivity (Wildman–Crippen MR) is 55.6 cm³/mol. The van der Waals surface area contributed by atoms with E-state index >= 15 is 0 Å². The quantitative estimate of drug-likeness (QED) is 0.819. The monoisotopic (exact) mass is 214 g/mol. The van der Waals surface area contributed by atoms with Gasteiger partial charge < -0.3 is 5.11 Å². The molecule has 0 amide bonds. The number of halogens is 2. The summed E-state index contributed by atoms with van der Waals surface area (Å²) in [6.45, 7) is 5.39. The molecule has 0 radical (unpaired) electrons. The molecule has 1 rings (SSSR count). The lowest BCUT2D eigenvalue weighted by Gasteiger charge is -2.22. The molecule has 1 aromatic rings. The lowest BCUT2D eigenvalue weighted by atomic mass is 9.88. The van der Waals surface area contributed by atoms with Gasteiger partial charge in [0.05, 0.1) is 6.10 Å². The minimum atomic E-state index is -0.665. The predicted octanol–water partition coefficient (Wildman–Crippen LogP) is 3.09.